The average Bonchev–Trinajstić information content (AvgIpc) is 2.46. The Morgan fingerprint density at radius 2 is 1.80 bits per heavy atom. The van der Waals surface area contributed by atoms with Crippen LogP contribution in [-0.4, -0.2) is 18.3 Å². The van der Waals surface area contributed by atoms with Gasteiger partial charge in [0.1, 0.15) is 0 Å². The first-order chi connectivity index (χ1) is 9.58. The molecule has 2 aromatic rings. The SMILES string of the molecule is O=C([O-])CNc1ccc(Br)cc1C(=O)c1ccccc1. The minimum absolute atomic E-state index is 0.173. The minimum atomic E-state index is -1.23. The number of carbonyl (C=O) groups is 2. The Hall–Kier alpha value is -2.14. The highest BCUT2D eigenvalue weighted by Gasteiger charge is 2.13. The summed E-state index contributed by atoms with van der Waals surface area (Å²) >= 11 is 3.31. The molecule has 0 aliphatic heterocycles. The van der Waals surface area contributed by atoms with Gasteiger partial charge in [-0.1, -0.05) is 46.3 Å². The minimum Gasteiger partial charge on any atom is -0.548 e. The molecule has 0 bridgehead atoms. The second-order valence-electron chi connectivity index (χ2n) is 4.11. The number of carboxylic acids is 1. The fourth-order valence-corrected chi connectivity index (χ4v) is 2.13. The van der Waals surface area contributed by atoms with Crippen molar-refractivity contribution < 1.29 is 14.7 Å². The van der Waals surface area contributed by atoms with Gasteiger partial charge in [0.05, 0.1) is 12.5 Å². The highest BCUT2D eigenvalue weighted by Crippen LogP contribution is 2.23. The second kappa shape index (κ2) is 6.34. The molecule has 0 fully saturated rings. The second-order valence-corrected chi connectivity index (χ2v) is 5.03. The Morgan fingerprint density at radius 1 is 1.10 bits per heavy atom. The maximum atomic E-state index is 12.4. The molecule has 2 aromatic carbocycles. The average molecular weight is 333 g/mol. The first kappa shape index (κ1) is 14.3. The van der Waals surface area contributed by atoms with Crippen LogP contribution < -0.4 is 10.4 Å². The summed E-state index contributed by atoms with van der Waals surface area (Å²) in [5, 5.41) is 13.2. The molecule has 5 heteroatoms. The molecule has 0 spiro atoms. The third-order valence-electron chi connectivity index (χ3n) is 2.69. The number of rotatable bonds is 5. The van der Waals surface area contributed by atoms with Gasteiger partial charge in [-0.25, -0.2) is 0 Å². The van der Waals surface area contributed by atoms with Crippen molar-refractivity contribution >= 4 is 33.4 Å². The summed E-state index contributed by atoms with van der Waals surface area (Å²) in [7, 11) is 0. The Kier molecular flexibility index (Phi) is 4.53. The van der Waals surface area contributed by atoms with Gasteiger partial charge in [-0.15, -0.1) is 0 Å². The lowest BCUT2D eigenvalue weighted by Crippen LogP contribution is -2.30. The lowest BCUT2D eigenvalue weighted by Gasteiger charge is -2.12. The first-order valence-corrected chi connectivity index (χ1v) is 6.70. The molecule has 0 unspecified atom stereocenters. The van der Waals surface area contributed by atoms with E-state index in [1.54, 1.807) is 42.5 Å². The van der Waals surface area contributed by atoms with Gasteiger partial charge in [0, 0.05) is 21.3 Å². The third kappa shape index (κ3) is 3.45. The highest BCUT2D eigenvalue weighted by atomic mass is 79.9. The van der Waals surface area contributed by atoms with Crippen molar-refractivity contribution in [1.82, 2.24) is 0 Å². The summed E-state index contributed by atoms with van der Waals surface area (Å²) in [4.78, 5) is 23.0. The zero-order valence-corrected chi connectivity index (χ0v) is 12.0. The maximum Gasteiger partial charge on any atom is 0.195 e. The molecule has 2 rings (SSSR count). The van der Waals surface area contributed by atoms with E-state index >= 15 is 0 Å². The molecule has 20 heavy (non-hydrogen) atoms. The fraction of sp³-hybridized carbons (Fsp3) is 0.0667. The molecule has 4 nitrogen and oxygen atoms in total. The molecular weight excluding hydrogens is 322 g/mol. The lowest BCUT2D eigenvalue weighted by atomic mass is 10.0. The molecule has 0 aromatic heterocycles. The summed E-state index contributed by atoms with van der Waals surface area (Å²) in [6.07, 6.45) is 0. The van der Waals surface area contributed by atoms with E-state index in [2.05, 4.69) is 21.2 Å². The molecule has 0 atom stereocenters. The number of aliphatic carboxylic acids is 1. The normalized spacial score (nSPS) is 10.1. The van der Waals surface area contributed by atoms with Crippen LogP contribution in [0.1, 0.15) is 15.9 Å². The number of carbonyl (C=O) groups excluding carboxylic acids is 2. The first-order valence-electron chi connectivity index (χ1n) is 5.91. The predicted molar refractivity (Wildman–Crippen MR) is 77.5 cm³/mol. The van der Waals surface area contributed by atoms with Crippen molar-refractivity contribution in [2.45, 2.75) is 0 Å². The van der Waals surface area contributed by atoms with Crippen molar-refractivity contribution in [1.29, 1.82) is 0 Å². The molecule has 1 N–H and O–H groups in total. The Labute approximate surface area is 124 Å². The van der Waals surface area contributed by atoms with Crippen molar-refractivity contribution in [3.8, 4) is 0 Å². The van der Waals surface area contributed by atoms with Gasteiger partial charge in [-0.2, -0.15) is 0 Å². The van der Waals surface area contributed by atoms with Crippen LogP contribution in [0.5, 0.6) is 0 Å². The highest BCUT2D eigenvalue weighted by molar-refractivity contribution is 9.10. The Balaban J connectivity index is 2.36. The predicted octanol–water partition coefficient (Wildman–Crippen LogP) is 1.84. The summed E-state index contributed by atoms with van der Waals surface area (Å²) in [6.45, 7) is -0.350. The van der Waals surface area contributed by atoms with Crippen LogP contribution in [-0.2, 0) is 4.79 Å². The topological polar surface area (TPSA) is 69.2 Å². The maximum absolute atomic E-state index is 12.4. The zero-order valence-electron chi connectivity index (χ0n) is 10.4. The molecule has 0 amide bonds. The molecule has 0 saturated heterocycles. The van der Waals surface area contributed by atoms with Crippen molar-refractivity contribution in [2.24, 2.45) is 0 Å². The molecular formula is C15H11BrNO3-. The van der Waals surface area contributed by atoms with Gasteiger partial charge in [0.15, 0.2) is 5.78 Å². The van der Waals surface area contributed by atoms with Crippen molar-refractivity contribution in [3.63, 3.8) is 0 Å². The molecule has 0 aliphatic carbocycles. The molecule has 0 heterocycles. The van der Waals surface area contributed by atoms with E-state index in [1.165, 1.54) is 0 Å². The number of anilines is 1. The smallest absolute Gasteiger partial charge is 0.195 e. The van der Waals surface area contributed by atoms with Crippen LogP contribution in [0.2, 0.25) is 0 Å². The van der Waals surface area contributed by atoms with Crippen LogP contribution in [0.15, 0.2) is 53.0 Å². The quantitative estimate of drug-likeness (QED) is 0.848. The monoisotopic (exact) mass is 332 g/mol. The van der Waals surface area contributed by atoms with Gasteiger partial charge in [0.25, 0.3) is 0 Å². The number of ketones is 1. The number of benzene rings is 2. The van der Waals surface area contributed by atoms with Gasteiger partial charge < -0.3 is 15.2 Å². The van der Waals surface area contributed by atoms with E-state index in [1.807, 2.05) is 6.07 Å². The van der Waals surface area contributed by atoms with Gasteiger partial charge in [-0.05, 0) is 18.2 Å². The van der Waals surface area contributed by atoms with E-state index in [9.17, 15) is 14.7 Å². The van der Waals surface area contributed by atoms with Crippen molar-refractivity contribution in [3.05, 3.63) is 64.1 Å². The molecule has 0 saturated carbocycles. The summed E-state index contributed by atoms with van der Waals surface area (Å²) < 4.78 is 0.746. The van der Waals surface area contributed by atoms with Crippen LogP contribution in [0.3, 0.4) is 0 Å². The van der Waals surface area contributed by atoms with Crippen LogP contribution in [0, 0.1) is 0 Å². The number of nitrogens with one attached hydrogen (secondary N) is 1. The van der Waals surface area contributed by atoms with E-state index in [4.69, 9.17) is 0 Å². The molecule has 102 valence electrons. The fourth-order valence-electron chi connectivity index (χ4n) is 1.77. The zero-order chi connectivity index (χ0) is 14.5. The molecule has 0 radical (unpaired) electrons. The van der Waals surface area contributed by atoms with E-state index in [-0.39, 0.29) is 12.3 Å². The van der Waals surface area contributed by atoms with Gasteiger partial charge >= 0.3 is 0 Å². The van der Waals surface area contributed by atoms with E-state index in [0.29, 0.717) is 16.8 Å². The third-order valence-corrected chi connectivity index (χ3v) is 3.18. The Bertz CT molecular complexity index is 641. The number of carboxylic acid groups (broad SMARTS) is 1. The van der Waals surface area contributed by atoms with Crippen LogP contribution in [0.4, 0.5) is 5.69 Å². The molecule has 0 aliphatic rings. The van der Waals surface area contributed by atoms with Gasteiger partial charge in [0.2, 0.25) is 0 Å². The largest absolute Gasteiger partial charge is 0.548 e. The lowest BCUT2D eigenvalue weighted by molar-refractivity contribution is -0.302. The standard InChI is InChI=1S/C15H12BrNO3/c16-11-6-7-13(17-9-14(18)19)12(8-11)15(20)10-4-2-1-3-5-10/h1-8,17H,9H2,(H,18,19)/p-1. The van der Waals surface area contributed by atoms with Crippen LogP contribution in [0.25, 0.3) is 0 Å². The summed E-state index contributed by atoms with van der Waals surface area (Å²) in [5.74, 6) is -1.40. The van der Waals surface area contributed by atoms with E-state index < -0.39 is 5.97 Å². The number of hydrogen-bond acceptors (Lipinski definition) is 4. The summed E-state index contributed by atoms with van der Waals surface area (Å²) in [6, 6.07) is 13.9. The number of halogens is 1. The summed E-state index contributed by atoms with van der Waals surface area (Å²) in [5.41, 5.74) is 1.42. The van der Waals surface area contributed by atoms with E-state index in [0.717, 1.165) is 4.47 Å². The van der Waals surface area contributed by atoms with Gasteiger partial charge in [-0.3, -0.25) is 4.79 Å². The van der Waals surface area contributed by atoms with Crippen molar-refractivity contribution in [2.75, 3.05) is 11.9 Å². The number of hydrogen-bond donors (Lipinski definition) is 1. The van der Waals surface area contributed by atoms with Crippen LogP contribution >= 0.6 is 15.9 Å². The Morgan fingerprint density at radius 3 is 2.45 bits per heavy atom.